The molecule has 0 saturated carbocycles. The standard InChI is InChI=1S/C14H20N2O/c1-14(2,3)12(15)13-16-11(9-17-13)10-7-5-4-6-8-10/h4-8,11-12H,9,15H2,1-3H3/t11-,12+/m0/s1. The Hall–Kier alpha value is -1.35. The van der Waals surface area contributed by atoms with Crippen LogP contribution in [-0.4, -0.2) is 18.5 Å². The van der Waals surface area contributed by atoms with Crippen LogP contribution in [0.15, 0.2) is 35.3 Å². The van der Waals surface area contributed by atoms with E-state index in [1.165, 1.54) is 5.56 Å². The Morgan fingerprint density at radius 2 is 1.94 bits per heavy atom. The Labute approximate surface area is 103 Å². The number of rotatable bonds is 2. The Bertz CT molecular complexity index is 406. The van der Waals surface area contributed by atoms with Gasteiger partial charge in [-0.2, -0.15) is 0 Å². The quantitative estimate of drug-likeness (QED) is 0.851. The molecule has 0 unspecified atom stereocenters. The fourth-order valence-corrected chi connectivity index (χ4v) is 1.78. The fraction of sp³-hybridized carbons (Fsp3) is 0.500. The maximum atomic E-state index is 6.14. The molecular weight excluding hydrogens is 212 g/mol. The lowest BCUT2D eigenvalue weighted by molar-refractivity contribution is 0.276. The SMILES string of the molecule is CC(C)(C)[C@H](N)C1=N[C@H](c2ccccc2)CO1. The molecule has 3 heteroatoms. The van der Waals surface area contributed by atoms with Crippen molar-refractivity contribution in [1.29, 1.82) is 0 Å². The van der Waals surface area contributed by atoms with E-state index in [2.05, 4.69) is 37.9 Å². The highest BCUT2D eigenvalue weighted by Crippen LogP contribution is 2.27. The van der Waals surface area contributed by atoms with E-state index in [1.54, 1.807) is 0 Å². The summed E-state index contributed by atoms with van der Waals surface area (Å²) in [5.74, 6) is 0.686. The number of benzene rings is 1. The van der Waals surface area contributed by atoms with E-state index >= 15 is 0 Å². The van der Waals surface area contributed by atoms with Crippen LogP contribution >= 0.6 is 0 Å². The second-order valence-corrected chi connectivity index (χ2v) is 5.55. The fourth-order valence-electron chi connectivity index (χ4n) is 1.78. The molecule has 17 heavy (non-hydrogen) atoms. The highest BCUT2D eigenvalue weighted by atomic mass is 16.5. The second kappa shape index (κ2) is 4.49. The van der Waals surface area contributed by atoms with E-state index in [0.29, 0.717) is 12.5 Å². The zero-order chi connectivity index (χ0) is 12.5. The van der Waals surface area contributed by atoms with Crippen LogP contribution in [0.1, 0.15) is 32.4 Å². The van der Waals surface area contributed by atoms with Gasteiger partial charge in [0.25, 0.3) is 0 Å². The molecule has 0 amide bonds. The molecule has 1 aromatic rings. The van der Waals surface area contributed by atoms with Gasteiger partial charge in [0.05, 0.1) is 6.04 Å². The first-order valence-electron chi connectivity index (χ1n) is 5.99. The van der Waals surface area contributed by atoms with Crippen LogP contribution < -0.4 is 5.73 Å². The van der Waals surface area contributed by atoms with Crippen molar-refractivity contribution in [3.63, 3.8) is 0 Å². The molecule has 1 aromatic carbocycles. The summed E-state index contributed by atoms with van der Waals surface area (Å²) in [6.45, 7) is 6.89. The highest BCUT2D eigenvalue weighted by Gasteiger charge is 2.31. The molecule has 2 rings (SSSR count). The first-order valence-corrected chi connectivity index (χ1v) is 5.99. The predicted molar refractivity (Wildman–Crippen MR) is 70.0 cm³/mol. The first-order chi connectivity index (χ1) is 7.98. The van der Waals surface area contributed by atoms with E-state index in [-0.39, 0.29) is 17.5 Å². The van der Waals surface area contributed by atoms with Crippen LogP contribution in [-0.2, 0) is 4.74 Å². The van der Waals surface area contributed by atoms with Crippen LogP contribution in [0.3, 0.4) is 0 Å². The molecule has 1 aliphatic rings. The first kappa shape index (κ1) is 12.1. The van der Waals surface area contributed by atoms with E-state index in [0.717, 1.165) is 0 Å². The van der Waals surface area contributed by atoms with Gasteiger partial charge in [-0.05, 0) is 11.0 Å². The van der Waals surface area contributed by atoms with Crippen molar-refractivity contribution < 1.29 is 4.74 Å². The molecule has 0 bridgehead atoms. The van der Waals surface area contributed by atoms with Gasteiger partial charge in [-0.15, -0.1) is 0 Å². The van der Waals surface area contributed by atoms with Crippen LogP contribution in [0.25, 0.3) is 0 Å². The third-order valence-corrected chi connectivity index (χ3v) is 3.06. The number of ether oxygens (including phenoxy) is 1. The molecule has 2 atom stereocenters. The van der Waals surface area contributed by atoms with Gasteiger partial charge < -0.3 is 10.5 Å². The zero-order valence-electron chi connectivity index (χ0n) is 10.7. The maximum Gasteiger partial charge on any atom is 0.202 e. The molecule has 1 heterocycles. The van der Waals surface area contributed by atoms with Gasteiger partial charge in [0, 0.05) is 0 Å². The minimum atomic E-state index is -0.142. The van der Waals surface area contributed by atoms with Gasteiger partial charge in [-0.1, -0.05) is 51.1 Å². The number of hydrogen-bond donors (Lipinski definition) is 1. The van der Waals surface area contributed by atoms with E-state index in [1.807, 2.05) is 18.2 Å². The van der Waals surface area contributed by atoms with Crippen molar-refractivity contribution in [2.75, 3.05) is 6.61 Å². The van der Waals surface area contributed by atoms with Crippen molar-refractivity contribution in [1.82, 2.24) is 0 Å². The summed E-state index contributed by atoms with van der Waals surface area (Å²) in [6.07, 6.45) is 0. The molecule has 0 aliphatic carbocycles. The minimum Gasteiger partial charge on any atom is -0.477 e. The van der Waals surface area contributed by atoms with Gasteiger partial charge in [0.2, 0.25) is 5.90 Å². The van der Waals surface area contributed by atoms with Crippen LogP contribution in [0.5, 0.6) is 0 Å². The van der Waals surface area contributed by atoms with Gasteiger partial charge in [-0.25, -0.2) is 4.99 Å². The van der Waals surface area contributed by atoms with Gasteiger partial charge in [0.15, 0.2) is 0 Å². The summed E-state index contributed by atoms with van der Waals surface area (Å²) >= 11 is 0. The van der Waals surface area contributed by atoms with E-state index in [4.69, 9.17) is 10.5 Å². The summed E-state index contributed by atoms with van der Waals surface area (Å²) < 4.78 is 5.63. The molecule has 0 fully saturated rings. The van der Waals surface area contributed by atoms with E-state index in [9.17, 15) is 0 Å². The minimum absolute atomic E-state index is 0.0234. The normalized spacial score (nSPS) is 21.9. The summed E-state index contributed by atoms with van der Waals surface area (Å²) in [6, 6.07) is 10.1. The molecule has 0 spiro atoms. The smallest absolute Gasteiger partial charge is 0.202 e. The molecule has 3 nitrogen and oxygen atoms in total. The molecule has 0 aromatic heterocycles. The largest absolute Gasteiger partial charge is 0.477 e. The Balaban J connectivity index is 2.15. The van der Waals surface area contributed by atoms with Crippen molar-refractivity contribution in [2.45, 2.75) is 32.9 Å². The number of nitrogens with zero attached hydrogens (tertiary/aromatic N) is 1. The van der Waals surface area contributed by atoms with Gasteiger partial charge >= 0.3 is 0 Å². The monoisotopic (exact) mass is 232 g/mol. The average molecular weight is 232 g/mol. The molecular formula is C14H20N2O. The summed E-state index contributed by atoms with van der Waals surface area (Å²) in [5, 5.41) is 0. The topological polar surface area (TPSA) is 47.6 Å². The number of hydrogen-bond acceptors (Lipinski definition) is 3. The Kier molecular flexibility index (Phi) is 3.20. The van der Waals surface area contributed by atoms with Crippen molar-refractivity contribution >= 4 is 5.90 Å². The number of aliphatic imine (C=N–C) groups is 1. The molecule has 0 saturated heterocycles. The third-order valence-electron chi connectivity index (χ3n) is 3.06. The molecule has 2 N–H and O–H groups in total. The highest BCUT2D eigenvalue weighted by molar-refractivity contribution is 5.84. The Morgan fingerprint density at radius 3 is 2.53 bits per heavy atom. The molecule has 1 aliphatic heterocycles. The van der Waals surface area contributed by atoms with Gasteiger partial charge in [-0.3, -0.25) is 0 Å². The van der Waals surface area contributed by atoms with Crippen molar-refractivity contribution in [2.24, 2.45) is 16.1 Å². The Morgan fingerprint density at radius 1 is 1.29 bits per heavy atom. The third kappa shape index (κ3) is 2.67. The second-order valence-electron chi connectivity index (χ2n) is 5.55. The van der Waals surface area contributed by atoms with E-state index < -0.39 is 0 Å². The van der Waals surface area contributed by atoms with Crippen molar-refractivity contribution in [3.05, 3.63) is 35.9 Å². The predicted octanol–water partition coefficient (Wildman–Crippen LogP) is 2.53. The number of nitrogens with two attached hydrogens (primary N) is 1. The molecule has 92 valence electrons. The zero-order valence-corrected chi connectivity index (χ0v) is 10.7. The molecule has 0 radical (unpaired) electrons. The van der Waals surface area contributed by atoms with Gasteiger partial charge in [0.1, 0.15) is 12.6 Å². The van der Waals surface area contributed by atoms with Crippen LogP contribution in [0.2, 0.25) is 0 Å². The lowest BCUT2D eigenvalue weighted by Crippen LogP contribution is -2.42. The van der Waals surface area contributed by atoms with Crippen LogP contribution in [0, 0.1) is 5.41 Å². The lowest BCUT2D eigenvalue weighted by Gasteiger charge is -2.25. The van der Waals surface area contributed by atoms with Crippen LogP contribution in [0.4, 0.5) is 0 Å². The maximum absolute atomic E-state index is 6.14. The summed E-state index contributed by atoms with van der Waals surface area (Å²) in [5.41, 5.74) is 7.30. The summed E-state index contributed by atoms with van der Waals surface area (Å²) in [4.78, 5) is 4.59. The summed E-state index contributed by atoms with van der Waals surface area (Å²) in [7, 11) is 0. The lowest BCUT2D eigenvalue weighted by atomic mass is 9.87. The van der Waals surface area contributed by atoms with Crippen molar-refractivity contribution in [3.8, 4) is 0 Å². The average Bonchev–Trinajstić information content (AvgIpc) is 2.77.